The zero-order valence-corrected chi connectivity index (χ0v) is 15.4. The molecule has 0 spiro atoms. The lowest BCUT2D eigenvalue weighted by Gasteiger charge is -2.41. The number of amides is 1. The molecule has 1 aromatic rings. The van der Waals surface area contributed by atoms with Crippen molar-refractivity contribution < 1.29 is 13.2 Å². The fourth-order valence-corrected chi connectivity index (χ4v) is 6.23. The highest BCUT2D eigenvalue weighted by Gasteiger charge is 2.33. The average Bonchev–Trinajstić information content (AvgIpc) is 3.00. The van der Waals surface area contributed by atoms with E-state index in [1.54, 1.807) is 24.3 Å². The molecule has 25 heavy (non-hydrogen) atoms. The van der Waals surface area contributed by atoms with E-state index < -0.39 is 10.0 Å². The SMILES string of the molecule is O=C(c1ccc(N2CCCS2(=O)=O)cc1)N1CC[C@@H]2CCCC[C@H]2C1. The molecule has 3 aliphatic rings. The van der Waals surface area contributed by atoms with Gasteiger partial charge in [-0.1, -0.05) is 19.3 Å². The molecule has 2 atom stereocenters. The van der Waals surface area contributed by atoms with Crippen molar-refractivity contribution in [1.82, 2.24) is 4.90 Å². The summed E-state index contributed by atoms with van der Waals surface area (Å²) >= 11 is 0. The van der Waals surface area contributed by atoms with Crippen LogP contribution < -0.4 is 4.31 Å². The van der Waals surface area contributed by atoms with E-state index in [0.29, 0.717) is 30.1 Å². The summed E-state index contributed by atoms with van der Waals surface area (Å²) in [4.78, 5) is 14.8. The lowest BCUT2D eigenvalue weighted by Crippen LogP contribution is -2.44. The van der Waals surface area contributed by atoms with E-state index in [2.05, 4.69) is 0 Å². The third-order valence-electron chi connectivity index (χ3n) is 6.08. The maximum atomic E-state index is 12.8. The summed E-state index contributed by atoms with van der Waals surface area (Å²) in [6.45, 7) is 2.26. The van der Waals surface area contributed by atoms with Crippen LogP contribution in [0.25, 0.3) is 0 Å². The first-order chi connectivity index (χ1) is 12.0. The molecule has 2 heterocycles. The van der Waals surface area contributed by atoms with Gasteiger partial charge >= 0.3 is 0 Å². The van der Waals surface area contributed by atoms with Gasteiger partial charge in [-0.05, 0) is 55.4 Å². The van der Waals surface area contributed by atoms with Crippen LogP contribution in [0, 0.1) is 11.8 Å². The van der Waals surface area contributed by atoms with Gasteiger partial charge in [-0.2, -0.15) is 0 Å². The highest BCUT2D eigenvalue weighted by atomic mass is 32.2. The van der Waals surface area contributed by atoms with Gasteiger partial charge in [0.05, 0.1) is 11.4 Å². The summed E-state index contributed by atoms with van der Waals surface area (Å²) < 4.78 is 25.5. The van der Waals surface area contributed by atoms with Gasteiger partial charge in [-0.15, -0.1) is 0 Å². The van der Waals surface area contributed by atoms with Crippen molar-refractivity contribution in [3.8, 4) is 0 Å². The van der Waals surface area contributed by atoms with E-state index >= 15 is 0 Å². The monoisotopic (exact) mass is 362 g/mol. The van der Waals surface area contributed by atoms with Crippen molar-refractivity contribution in [1.29, 1.82) is 0 Å². The lowest BCUT2D eigenvalue weighted by atomic mass is 9.75. The molecule has 6 heteroatoms. The Morgan fingerprint density at radius 2 is 1.64 bits per heavy atom. The summed E-state index contributed by atoms with van der Waals surface area (Å²) in [6, 6.07) is 7.09. The number of carbonyl (C=O) groups is 1. The number of anilines is 1. The molecule has 0 aromatic heterocycles. The minimum atomic E-state index is -3.17. The molecule has 1 aromatic carbocycles. The van der Waals surface area contributed by atoms with Crippen LogP contribution in [-0.2, 0) is 10.0 Å². The van der Waals surface area contributed by atoms with Crippen molar-refractivity contribution in [2.75, 3.05) is 29.7 Å². The third kappa shape index (κ3) is 3.28. The van der Waals surface area contributed by atoms with Crippen molar-refractivity contribution in [2.45, 2.75) is 38.5 Å². The van der Waals surface area contributed by atoms with E-state index in [9.17, 15) is 13.2 Å². The predicted octanol–water partition coefficient (Wildman–Crippen LogP) is 2.88. The van der Waals surface area contributed by atoms with E-state index in [0.717, 1.165) is 25.4 Å². The molecule has 2 aliphatic heterocycles. The van der Waals surface area contributed by atoms with Gasteiger partial charge in [0.15, 0.2) is 0 Å². The van der Waals surface area contributed by atoms with Crippen LogP contribution in [0.3, 0.4) is 0 Å². The van der Waals surface area contributed by atoms with Gasteiger partial charge in [0.2, 0.25) is 10.0 Å². The van der Waals surface area contributed by atoms with Crippen molar-refractivity contribution in [3.05, 3.63) is 29.8 Å². The molecule has 0 bridgehead atoms. The maximum Gasteiger partial charge on any atom is 0.253 e. The average molecular weight is 362 g/mol. The molecule has 0 radical (unpaired) electrons. The number of fused-ring (bicyclic) bond motifs is 1. The molecular formula is C19H26N2O3S. The Bertz CT molecular complexity index is 744. The highest BCUT2D eigenvalue weighted by Crippen LogP contribution is 2.36. The largest absolute Gasteiger partial charge is 0.338 e. The molecule has 0 N–H and O–H groups in total. The second kappa shape index (κ2) is 6.63. The lowest BCUT2D eigenvalue weighted by molar-refractivity contribution is 0.0521. The van der Waals surface area contributed by atoms with Gasteiger partial charge in [-0.3, -0.25) is 9.10 Å². The summed E-state index contributed by atoms with van der Waals surface area (Å²) in [6.07, 6.45) is 7.00. The number of benzene rings is 1. The van der Waals surface area contributed by atoms with Gasteiger partial charge < -0.3 is 4.90 Å². The quantitative estimate of drug-likeness (QED) is 0.813. The predicted molar refractivity (Wildman–Crippen MR) is 98.2 cm³/mol. The zero-order chi connectivity index (χ0) is 17.4. The molecule has 1 amide bonds. The first kappa shape index (κ1) is 16.9. The Balaban J connectivity index is 1.46. The molecule has 1 saturated carbocycles. The topological polar surface area (TPSA) is 57.7 Å². The second-order valence-corrected chi connectivity index (χ2v) is 9.65. The number of carbonyl (C=O) groups excluding carboxylic acids is 1. The van der Waals surface area contributed by atoms with Crippen molar-refractivity contribution in [3.63, 3.8) is 0 Å². The van der Waals surface area contributed by atoms with E-state index in [1.165, 1.54) is 30.0 Å². The van der Waals surface area contributed by atoms with E-state index in [1.807, 2.05) is 4.90 Å². The molecule has 2 saturated heterocycles. The standard InChI is InChI=1S/C19H26N2O3S/c22-19(20-12-10-15-4-1-2-5-17(15)14-20)16-6-8-18(9-7-16)21-11-3-13-25(21,23)24/h6-9,15,17H,1-5,10-14H2/t15-,17-/m0/s1. The van der Waals surface area contributed by atoms with Crippen LogP contribution >= 0.6 is 0 Å². The molecular weight excluding hydrogens is 336 g/mol. The normalized spacial score (nSPS) is 28.6. The smallest absolute Gasteiger partial charge is 0.253 e. The molecule has 4 rings (SSSR count). The number of hydrogen-bond acceptors (Lipinski definition) is 3. The Morgan fingerprint density at radius 1 is 0.920 bits per heavy atom. The van der Waals surface area contributed by atoms with Crippen LogP contribution in [0.1, 0.15) is 48.9 Å². The van der Waals surface area contributed by atoms with Crippen molar-refractivity contribution >= 4 is 21.6 Å². The van der Waals surface area contributed by atoms with Crippen LogP contribution in [-0.4, -0.2) is 44.6 Å². The highest BCUT2D eigenvalue weighted by molar-refractivity contribution is 7.93. The van der Waals surface area contributed by atoms with Crippen LogP contribution in [0.5, 0.6) is 0 Å². The summed E-state index contributed by atoms with van der Waals surface area (Å²) in [5.74, 6) is 1.77. The van der Waals surface area contributed by atoms with Crippen molar-refractivity contribution in [2.24, 2.45) is 11.8 Å². The fourth-order valence-electron chi connectivity index (χ4n) is 4.67. The Labute approximate surface area is 150 Å². The molecule has 0 unspecified atom stereocenters. The number of hydrogen-bond donors (Lipinski definition) is 0. The van der Waals surface area contributed by atoms with Crippen LogP contribution in [0.4, 0.5) is 5.69 Å². The van der Waals surface area contributed by atoms with E-state index in [-0.39, 0.29) is 11.7 Å². The summed E-state index contributed by atoms with van der Waals surface area (Å²) in [5.41, 5.74) is 1.33. The Hall–Kier alpha value is -1.56. The Kier molecular flexibility index (Phi) is 4.48. The number of piperidine rings is 1. The van der Waals surface area contributed by atoms with E-state index in [4.69, 9.17) is 0 Å². The van der Waals surface area contributed by atoms with Gasteiger partial charge in [0, 0.05) is 25.2 Å². The Morgan fingerprint density at radius 3 is 2.32 bits per heavy atom. The number of nitrogens with zero attached hydrogens (tertiary/aromatic N) is 2. The minimum absolute atomic E-state index is 0.0832. The number of sulfonamides is 1. The number of likely N-dealkylation sites (tertiary alicyclic amines) is 1. The zero-order valence-electron chi connectivity index (χ0n) is 14.6. The summed E-state index contributed by atoms with van der Waals surface area (Å²) in [5, 5.41) is 0. The molecule has 5 nitrogen and oxygen atoms in total. The van der Waals surface area contributed by atoms with Gasteiger partial charge in [0.1, 0.15) is 0 Å². The van der Waals surface area contributed by atoms with Gasteiger partial charge in [0.25, 0.3) is 5.91 Å². The van der Waals surface area contributed by atoms with Gasteiger partial charge in [-0.25, -0.2) is 8.42 Å². The minimum Gasteiger partial charge on any atom is -0.338 e. The second-order valence-electron chi connectivity index (χ2n) is 7.63. The fraction of sp³-hybridized carbons (Fsp3) is 0.632. The van der Waals surface area contributed by atoms with Crippen LogP contribution in [0.15, 0.2) is 24.3 Å². The summed E-state index contributed by atoms with van der Waals surface area (Å²) in [7, 11) is -3.17. The number of rotatable bonds is 2. The van der Waals surface area contributed by atoms with Crippen LogP contribution in [0.2, 0.25) is 0 Å². The molecule has 1 aliphatic carbocycles. The maximum absolute atomic E-state index is 12.8. The first-order valence-corrected chi connectivity index (χ1v) is 11.1. The molecule has 3 fully saturated rings. The molecule has 136 valence electrons. The first-order valence-electron chi connectivity index (χ1n) is 9.44. The third-order valence-corrected chi connectivity index (χ3v) is 7.95.